The third kappa shape index (κ3) is 10.4. The Balaban J connectivity index is 0. The van der Waals surface area contributed by atoms with Crippen LogP contribution in [0.4, 0.5) is 0 Å². The van der Waals surface area contributed by atoms with Crippen molar-refractivity contribution >= 4 is 0 Å². The molecule has 0 aliphatic rings. The molecule has 0 saturated heterocycles. The van der Waals surface area contributed by atoms with E-state index in [2.05, 4.69) is 34.6 Å². The normalized spacial score (nSPS) is 12.9. The minimum absolute atomic E-state index is 0.134. The van der Waals surface area contributed by atoms with Gasteiger partial charge >= 0.3 is 0 Å². The van der Waals surface area contributed by atoms with Gasteiger partial charge in [-0.1, -0.05) is 20.8 Å². The van der Waals surface area contributed by atoms with Gasteiger partial charge in [0.25, 0.3) is 0 Å². The predicted octanol–water partition coefficient (Wildman–Crippen LogP) is 4.42. The molecule has 0 rings (SSSR count). The molecule has 0 aliphatic carbocycles. The van der Waals surface area contributed by atoms with Gasteiger partial charge in [-0.25, -0.2) is 0 Å². The molecule has 0 heterocycles. The predicted molar refractivity (Wildman–Crippen MR) is 72.0 cm³/mol. The van der Waals surface area contributed by atoms with Gasteiger partial charge < -0.3 is 9.47 Å². The number of hydrogen-bond acceptors (Lipinski definition) is 2. The second-order valence-electron chi connectivity index (χ2n) is 4.26. The molecular weight excluding hydrogens is 200 g/mol. The summed E-state index contributed by atoms with van der Waals surface area (Å²) in [5.74, 6) is 0. The van der Waals surface area contributed by atoms with Gasteiger partial charge in [0.2, 0.25) is 0 Å². The molecular formula is C14H32O2. The third-order valence-electron chi connectivity index (χ3n) is 3.01. The van der Waals surface area contributed by atoms with Crippen molar-refractivity contribution in [2.45, 2.75) is 79.4 Å². The van der Waals surface area contributed by atoms with Crippen LogP contribution in [0, 0.1) is 0 Å². The highest BCUT2D eigenvalue weighted by atomic mass is 16.5. The lowest BCUT2D eigenvalue weighted by Gasteiger charge is -2.26. The average molecular weight is 232 g/mol. The second-order valence-corrected chi connectivity index (χ2v) is 4.26. The van der Waals surface area contributed by atoms with E-state index >= 15 is 0 Å². The average Bonchev–Trinajstić information content (AvgIpc) is 2.30. The van der Waals surface area contributed by atoms with Crippen LogP contribution >= 0.6 is 0 Å². The molecule has 0 radical (unpaired) electrons. The summed E-state index contributed by atoms with van der Waals surface area (Å²) in [5.41, 5.74) is 0.134. The Morgan fingerprint density at radius 2 is 1.44 bits per heavy atom. The first kappa shape index (κ1) is 18.3. The summed E-state index contributed by atoms with van der Waals surface area (Å²) in [6.07, 6.45) is 3.78. The van der Waals surface area contributed by atoms with Crippen LogP contribution < -0.4 is 0 Å². The molecule has 1 atom stereocenters. The van der Waals surface area contributed by atoms with Crippen LogP contribution in [0.3, 0.4) is 0 Å². The fraction of sp³-hybridized carbons (Fsp3) is 1.00. The van der Waals surface area contributed by atoms with E-state index in [-0.39, 0.29) is 5.60 Å². The minimum atomic E-state index is 0.134. The van der Waals surface area contributed by atoms with Crippen molar-refractivity contribution in [2.75, 3.05) is 13.2 Å². The van der Waals surface area contributed by atoms with Gasteiger partial charge in [-0.2, -0.15) is 0 Å². The zero-order chi connectivity index (χ0) is 13.0. The van der Waals surface area contributed by atoms with Gasteiger partial charge in [0.15, 0.2) is 0 Å². The Hall–Kier alpha value is -0.0800. The molecule has 100 valence electrons. The molecule has 2 heteroatoms. The first-order chi connectivity index (χ1) is 7.49. The maximum absolute atomic E-state index is 5.53. The van der Waals surface area contributed by atoms with Crippen molar-refractivity contribution in [1.82, 2.24) is 0 Å². The Kier molecular flexibility index (Phi) is 13.0. The van der Waals surface area contributed by atoms with Crippen molar-refractivity contribution in [3.63, 3.8) is 0 Å². The van der Waals surface area contributed by atoms with E-state index < -0.39 is 0 Å². The van der Waals surface area contributed by atoms with Crippen LogP contribution in [-0.4, -0.2) is 24.9 Å². The molecule has 2 nitrogen and oxygen atoms in total. The monoisotopic (exact) mass is 232 g/mol. The quantitative estimate of drug-likeness (QED) is 0.647. The van der Waals surface area contributed by atoms with Gasteiger partial charge in [0, 0.05) is 13.2 Å². The molecule has 0 aromatic heterocycles. The molecule has 0 amide bonds. The van der Waals surface area contributed by atoms with Crippen molar-refractivity contribution < 1.29 is 9.47 Å². The lowest BCUT2D eigenvalue weighted by molar-refractivity contribution is -0.0301. The molecule has 0 saturated carbocycles. The summed E-state index contributed by atoms with van der Waals surface area (Å²) in [5, 5.41) is 0. The Bertz CT molecular complexity index is 131. The molecule has 0 spiro atoms. The molecule has 0 aliphatic heterocycles. The first-order valence-corrected chi connectivity index (χ1v) is 6.75. The largest absolute Gasteiger partial charge is 0.379 e. The topological polar surface area (TPSA) is 18.5 Å². The van der Waals surface area contributed by atoms with Gasteiger partial charge in [-0.3, -0.25) is 0 Å². The van der Waals surface area contributed by atoms with Crippen LogP contribution in [-0.2, 0) is 9.47 Å². The maximum Gasteiger partial charge on any atom is 0.0649 e. The summed E-state index contributed by atoms with van der Waals surface area (Å²) < 4.78 is 10.7. The number of rotatable bonds is 7. The van der Waals surface area contributed by atoms with Gasteiger partial charge in [0.1, 0.15) is 0 Å². The lowest BCUT2D eigenvalue weighted by Crippen LogP contribution is -2.26. The number of ether oxygens (including phenoxy) is 2. The van der Waals surface area contributed by atoms with Crippen molar-refractivity contribution in [3.8, 4) is 0 Å². The summed E-state index contributed by atoms with van der Waals surface area (Å²) >= 11 is 0. The van der Waals surface area contributed by atoms with Crippen LogP contribution in [0.2, 0.25) is 0 Å². The first-order valence-electron chi connectivity index (χ1n) is 6.75. The maximum atomic E-state index is 5.53. The summed E-state index contributed by atoms with van der Waals surface area (Å²) in [7, 11) is 0. The molecule has 0 bridgehead atoms. The van der Waals surface area contributed by atoms with Crippen LogP contribution in [0.1, 0.15) is 67.7 Å². The van der Waals surface area contributed by atoms with Crippen molar-refractivity contribution in [3.05, 3.63) is 0 Å². The lowest BCUT2D eigenvalue weighted by atomic mass is 10.0. The van der Waals surface area contributed by atoms with E-state index in [9.17, 15) is 0 Å². The van der Waals surface area contributed by atoms with E-state index in [1.807, 2.05) is 13.8 Å². The van der Waals surface area contributed by atoms with E-state index in [1.165, 1.54) is 0 Å². The van der Waals surface area contributed by atoms with Gasteiger partial charge in [-0.05, 0) is 47.0 Å². The molecule has 0 aromatic rings. The molecule has 0 aromatic carbocycles. The standard InChI is InChI=1S/C8H18O.C6H14O/c1-5-8(4,6-2)9-7-3;1-4-6(3)7-5-2/h5-7H2,1-4H3;6H,4-5H2,1-3H3. The molecule has 0 fully saturated rings. The van der Waals surface area contributed by atoms with Crippen LogP contribution in [0.25, 0.3) is 0 Å². The molecule has 16 heavy (non-hydrogen) atoms. The Labute approximate surface area is 103 Å². The van der Waals surface area contributed by atoms with Gasteiger partial charge in [0.05, 0.1) is 11.7 Å². The van der Waals surface area contributed by atoms with E-state index in [0.29, 0.717) is 6.10 Å². The highest BCUT2D eigenvalue weighted by Crippen LogP contribution is 2.18. The SMILES string of the molecule is CCOC(C)(CC)CC.CCOC(C)CC. The molecule has 0 N–H and O–H groups in total. The fourth-order valence-corrected chi connectivity index (χ4v) is 1.20. The fourth-order valence-electron chi connectivity index (χ4n) is 1.20. The number of hydrogen-bond donors (Lipinski definition) is 0. The van der Waals surface area contributed by atoms with Crippen molar-refractivity contribution in [1.29, 1.82) is 0 Å². The van der Waals surface area contributed by atoms with E-state index in [4.69, 9.17) is 9.47 Å². The van der Waals surface area contributed by atoms with Crippen molar-refractivity contribution in [2.24, 2.45) is 0 Å². The third-order valence-corrected chi connectivity index (χ3v) is 3.01. The van der Waals surface area contributed by atoms with E-state index in [0.717, 1.165) is 32.5 Å². The smallest absolute Gasteiger partial charge is 0.0649 e. The zero-order valence-corrected chi connectivity index (χ0v) is 12.4. The van der Waals surface area contributed by atoms with Gasteiger partial charge in [-0.15, -0.1) is 0 Å². The molecule has 1 unspecified atom stereocenters. The second kappa shape index (κ2) is 11.4. The van der Waals surface area contributed by atoms with E-state index in [1.54, 1.807) is 0 Å². The summed E-state index contributed by atoms with van der Waals surface area (Å²) in [6.45, 7) is 16.4. The highest BCUT2D eigenvalue weighted by Gasteiger charge is 2.18. The Morgan fingerprint density at radius 1 is 0.938 bits per heavy atom. The minimum Gasteiger partial charge on any atom is -0.379 e. The summed E-state index contributed by atoms with van der Waals surface area (Å²) in [4.78, 5) is 0. The Morgan fingerprint density at radius 3 is 1.56 bits per heavy atom. The van der Waals surface area contributed by atoms with Crippen LogP contribution in [0.5, 0.6) is 0 Å². The highest BCUT2D eigenvalue weighted by molar-refractivity contribution is 4.69. The van der Waals surface area contributed by atoms with Crippen LogP contribution in [0.15, 0.2) is 0 Å². The summed E-state index contributed by atoms with van der Waals surface area (Å²) in [6, 6.07) is 0. The zero-order valence-electron chi connectivity index (χ0n) is 12.4.